The molecule has 1 N–H and O–H groups in total. The predicted octanol–water partition coefficient (Wildman–Crippen LogP) is 3.01. The molecule has 11 heavy (non-hydrogen) atoms. The van der Waals surface area contributed by atoms with Gasteiger partial charge in [0.25, 0.3) is 0 Å². The Morgan fingerprint density at radius 2 is 2.55 bits per heavy atom. The number of nitrogens with one attached hydrogen (secondary N) is 1. The van der Waals surface area contributed by atoms with Gasteiger partial charge in [-0.1, -0.05) is 18.5 Å². The first kappa shape index (κ1) is 8.81. The quantitative estimate of drug-likeness (QED) is 0.793. The molecule has 0 saturated carbocycles. The highest BCUT2D eigenvalue weighted by molar-refractivity contribution is 7.14. The van der Waals surface area contributed by atoms with Crippen molar-refractivity contribution in [2.24, 2.45) is 0 Å². The second kappa shape index (κ2) is 3.93. The molecule has 0 radical (unpaired) electrons. The molecule has 1 aromatic heterocycles. The van der Waals surface area contributed by atoms with Crippen LogP contribution in [0.4, 0.5) is 5.82 Å². The molecule has 0 fully saturated rings. The van der Waals surface area contributed by atoms with Crippen molar-refractivity contribution in [2.45, 2.75) is 26.3 Å². The van der Waals surface area contributed by atoms with E-state index in [4.69, 9.17) is 11.6 Å². The maximum Gasteiger partial charge on any atom is 0.185 e. The highest BCUT2D eigenvalue weighted by Crippen LogP contribution is 2.19. The molecule has 2 nitrogen and oxygen atoms in total. The fourth-order valence-electron chi connectivity index (χ4n) is 0.673. The highest BCUT2D eigenvalue weighted by atomic mass is 35.5. The lowest BCUT2D eigenvalue weighted by molar-refractivity contribution is 0.760. The first-order valence-corrected chi connectivity index (χ1v) is 4.85. The molecule has 0 aromatic carbocycles. The summed E-state index contributed by atoms with van der Waals surface area (Å²) in [5.74, 6) is 0.884. The van der Waals surface area contributed by atoms with Gasteiger partial charge in [0.15, 0.2) is 4.47 Å². The standard InChI is InChI=1S/C7H11ClN2S/c1-3-5(2)9-6-4-11-7(8)10-6/h4-5,9H,3H2,1-2H3. The molecule has 1 heterocycles. The number of nitrogens with zero attached hydrogens (tertiary/aromatic N) is 1. The fourth-order valence-corrected chi connectivity index (χ4v) is 1.38. The minimum Gasteiger partial charge on any atom is -0.367 e. The van der Waals surface area contributed by atoms with E-state index in [9.17, 15) is 0 Å². The van der Waals surface area contributed by atoms with E-state index in [0.717, 1.165) is 12.2 Å². The molecule has 1 unspecified atom stereocenters. The predicted molar refractivity (Wildman–Crippen MR) is 50.5 cm³/mol. The Labute approximate surface area is 75.6 Å². The van der Waals surface area contributed by atoms with Gasteiger partial charge in [0.1, 0.15) is 5.82 Å². The number of rotatable bonds is 3. The number of hydrogen-bond acceptors (Lipinski definition) is 3. The first-order valence-electron chi connectivity index (χ1n) is 3.60. The molecule has 62 valence electrons. The van der Waals surface area contributed by atoms with E-state index in [0.29, 0.717) is 10.5 Å². The number of halogens is 1. The molecule has 1 aromatic rings. The van der Waals surface area contributed by atoms with Crippen LogP contribution in [0.1, 0.15) is 20.3 Å². The van der Waals surface area contributed by atoms with Gasteiger partial charge in [-0.15, -0.1) is 11.3 Å². The van der Waals surface area contributed by atoms with Crippen molar-refractivity contribution in [1.82, 2.24) is 4.98 Å². The van der Waals surface area contributed by atoms with Gasteiger partial charge in [-0.05, 0) is 13.3 Å². The fraction of sp³-hybridized carbons (Fsp3) is 0.571. The molecule has 4 heteroatoms. The average molecular weight is 191 g/mol. The third-order valence-corrected chi connectivity index (χ3v) is 2.46. The van der Waals surface area contributed by atoms with Crippen molar-refractivity contribution in [1.29, 1.82) is 0 Å². The summed E-state index contributed by atoms with van der Waals surface area (Å²) in [6.45, 7) is 4.25. The SMILES string of the molecule is CCC(C)Nc1csc(Cl)n1. The van der Waals surface area contributed by atoms with E-state index in [1.165, 1.54) is 11.3 Å². The van der Waals surface area contributed by atoms with Gasteiger partial charge in [0.05, 0.1) is 0 Å². The van der Waals surface area contributed by atoms with Crippen molar-refractivity contribution in [2.75, 3.05) is 5.32 Å². The molecule has 0 aliphatic carbocycles. The summed E-state index contributed by atoms with van der Waals surface area (Å²) in [6.07, 6.45) is 1.09. The Balaban J connectivity index is 2.50. The number of aromatic nitrogens is 1. The largest absolute Gasteiger partial charge is 0.367 e. The summed E-state index contributed by atoms with van der Waals surface area (Å²) in [5, 5.41) is 5.15. The average Bonchev–Trinajstić information content (AvgIpc) is 2.35. The van der Waals surface area contributed by atoms with Crippen molar-refractivity contribution >= 4 is 28.8 Å². The summed E-state index contributed by atoms with van der Waals surface area (Å²) in [7, 11) is 0. The zero-order valence-corrected chi connectivity index (χ0v) is 8.17. The lowest BCUT2D eigenvalue weighted by Crippen LogP contribution is -2.13. The number of anilines is 1. The van der Waals surface area contributed by atoms with Crippen LogP contribution >= 0.6 is 22.9 Å². The zero-order chi connectivity index (χ0) is 8.27. The number of thiazole rings is 1. The monoisotopic (exact) mass is 190 g/mol. The third kappa shape index (κ3) is 2.67. The zero-order valence-electron chi connectivity index (χ0n) is 6.60. The van der Waals surface area contributed by atoms with Crippen molar-refractivity contribution in [3.05, 3.63) is 9.85 Å². The normalized spacial score (nSPS) is 13.0. The van der Waals surface area contributed by atoms with Crippen LogP contribution in [-0.4, -0.2) is 11.0 Å². The lowest BCUT2D eigenvalue weighted by atomic mass is 10.3. The van der Waals surface area contributed by atoms with E-state index >= 15 is 0 Å². The van der Waals surface area contributed by atoms with E-state index in [1.54, 1.807) is 0 Å². The molecule has 1 atom stereocenters. The molecule has 0 saturated heterocycles. The van der Waals surface area contributed by atoms with Gasteiger partial charge >= 0.3 is 0 Å². The highest BCUT2D eigenvalue weighted by Gasteiger charge is 2.01. The van der Waals surface area contributed by atoms with Gasteiger partial charge in [-0.2, -0.15) is 0 Å². The Morgan fingerprint density at radius 3 is 3.00 bits per heavy atom. The Kier molecular flexibility index (Phi) is 3.15. The Morgan fingerprint density at radius 1 is 1.82 bits per heavy atom. The van der Waals surface area contributed by atoms with Crippen LogP contribution in [0.5, 0.6) is 0 Å². The molecule has 0 aliphatic rings. The molecule has 0 amide bonds. The van der Waals surface area contributed by atoms with Crippen LogP contribution in [-0.2, 0) is 0 Å². The first-order chi connectivity index (χ1) is 5.22. The molecule has 0 bridgehead atoms. The minimum absolute atomic E-state index is 0.466. The molecule has 0 aliphatic heterocycles. The maximum atomic E-state index is 5.65. The van der Waals surface area contributed by atoms with Gasteiger partial charge < -0.3 is 5.32 Å². The lowest BCUT2D eigenvalue weighted by Gasteiger charge is -2.08. The van der Waals surface area contributed by atoms with E-state index < -0.39 is 0 Å². The van der Waals surface area contributed by atoms with Crippen LogP contribution < -0.4 is 5.32 Å². The van der Waals surface area contributed by atoms with Crippen molar-refractivity contribution in [3.8, 4) is 0 Å². The smallest absolute Gasteiger partial charge is 0.185 e. The van der Waals surface area contributed by atoms with Crippen LogP contribution in [0.15, 0.2) is 5.38 Å². The maximum absolute atomic E-state index is 5.65. The topological polar surface area (TPSA) is 24.9 Å². The molecular weight excluding hydrogens is 180 g/mol. The molecular formula is C7H11ClN2S. The number of hydrogen-bond donors (Lipinski definition) is 1. The van der Waals surface area contributed by atoms with Crippen LogP contribution in [0.3, 0.4) is 0 Å². The van der Waals surface area contributed by atoms with Gasteiger partial charge in [0, 0.05) is 11.4 Å². The van der Waals surface area contributed by atoms with Crippen LogP contribution in [0.2, 0.25) is 4.47 Å². The third-order valence-electron chi connectivity index (χ3n) is 1.48. The summed E-state index contributed by atoms with van der Waals surface area (Å²) in [5.41, 5.74) is 0. The van der Waals surface area contributed by atoms with Crippen molar-refractivity contribution < 1.29 is 0 Å². The Bertz CT molecular complexity index is 224. The summed E-state index contributed by atoms with van der Waals surface area (Å²) in [6, 6.07) is 0.466. The van der Waals surface area contributed by atoms with Crippen LogP contribution in [0, 0.1) is 0 Å². The Hall–Kier alpha value is -0.280. The minimum atomic E-state index is 0.466. The van der Waals surface area contributed by atoms with E-state index in [-0.39, 0.29) is 0 Å². The van der Waals surface area contributed by atoms with Gasteiger partial charge in [0.2, 0.25) is 0 Å². The van der Waals surface area contributed by atoms with Gasteiger partial charge in [-0.25, -0.2) is 4.98 Å². The van der Waals surface area contributed by atoms with E-state index in [2.05, 4.69) is 24.1 Å². The van der Waals surface area contributed by atoms with Gasteiger partial charge in [-0.3, -0.25) is 0 Å². The summed E-state index contributed by atoms with van der Waals surface area (Å²) in [4.78, 5) is 4.07. The molecule has 0 spiro atoms. The second-order valence-corrected chi connectivity index (χ2v) is 3.88. The molecule has 1 rings (SSSR count). The second-order valence-electron chi connectivity index (χ2n) is 2.44. The van der Waals surface area contributed by atoms with E-state index in [1.807, 2.05) is 5.38 Å². The van der Waals surface area contributed by atoms with Crippen molar-refractivity contribution in [3.63, 3.8) is 0 Å². The van der Waals surface area contributed by atoms with Crippen LogP contribution in [0.25, 0.3) is 0 Å². The summed E-state index contributed by atoms with van der Waals surface area (Å²) < 4.78 is 0.593. The summed E-state index contributed by atoms with van der Waals surface area (Å²) >= 11 is 7.10.